The average molecular weight is 150 g/mol. The largest absolute Gasteiger partial charge is 0.394 e. The van der Waals surface area contributed by atoms with Gasteiger partial charge in [-0.1, -0.05) is 0 Å². The van der Waals surface area contributed by atoms with Crippen molar-refractivity contribution in [3.8, 4) is 0 Å². The highest BCUT2D eigenvalue weighted by Gasteiger charge is 1.99. The second-order valence-corrected chi connectivity index (χ2v) is 1.90. The number of ether oxygens (including phenoxy) is 2. The van der Waals surface area contributed by atoms with E-state index in [1.807, 2.05) is 0 Å². The molecular weight excluding hydrogens is 136 g/mol. The number of aliphatic hydroxyl groups excluding tert-OH is 2. The van der Waals surface area contributed by atoms with Gasteiger partial charge in [0.25, 0.3) is 0 Å². The molecule has 0 aromatic carbocycles. The van der Waals surface area contributed by atoms with Gasteiger partial charge in [0.2, 0.25) is 0 Å². The fraction of sp³-hybridized carbons (Fsp3) is 1.00. The molecule has 0 fully saturated rings. The maximum atomic E-state index is 8.74. The summed E-state index contributed by atoms with van der Waals surface area (Å²) in [6.07, 6.45) is -0.767. The van der Waals surface area contributed by atoms with Crippen LogP contribution in [0.25, 0.3) is 0 Å². The fourth-order valence-corrected chi connectivity index (χ4v) is 0.414. The summed E-state index contributed by atoms with van der Waals surface area (Å²) < 4.78 is 9.58. The van der Waals surface area contributed by atoms with Crippen molar-refractivity contribution >= 4 is 0 Å². The molecular formula is C6H14O4. The second-order valence-electron chi connectivity index (χ2n) is 1.90. The fourth-order valence-electron chi connectivity index (χ4n) is 0.414. The molecule has 10 heavy (non-hydrogen) atoms. The summed E-state index contributed by atoms with van der Waals surface area (Å²) in [5.74, 6) is 0. The molecule has 0 aliphatic carbocycles. The van der Waals surface area contributed by atoms with E-state index in [-0.39, 0.29) is 13.2 Å². The van der Waals surface area contributed by atoms with E-state index in [2.05, 4.69) is 4.74 Å². The van der Waals surface area contributed by atoms with Crippen molar-refractivity contribution in [2.24, 2.45) is 0 Å². The molecule has 0 radical (unpaired) electrons. The first-order chi connectivity index (χ1) is 4.81. The van der Waals surface area contributed by atoms with Crippen molar-refractivity contribution in [2.45, 2.75) is 6.10 Å². The van der Waals surface area contributed by atoms with Gasteiger partial charge in [0.1, 0.15) is 6.10 Å². The van der Waals surface area contributed by atoms with E-state index in [1.165, 1.54) is 0 Å². The topological polar surface area (TPSA) is 58.9 Å². The molecule has 0 aromatic rings. The van der Waals surface area contributed by atoms with Crippen molar-refractivity contribution in [3.63, 3.8) is 0 Å². The van der Waals surface area contributed by atoms with E-state index < -0.39 is 6.10 Å². The monoisotopic (exact) mass is 150 g/mol. The molecule has 0 aliphatic heterocycles. The van der Waals surface area contributed by atoms with Gasteiger partial charge in [0.15, 0.2) is 0 Å². The zero-order valence-corrected chi connectivity index (χ0v) is 6.12. The Balaban J connectivity index is 2.89. The summed E-state index contributed by atoms with van der Waals surface area (Å²) in [5.41, 5.74) is 0. The van der Waals surface area contributed by atoms with Crippen molar-refractivity contribution < 1.29 is 19.7 Å². The highest BCUT2D eigenvalue weighted by molar-refractivity contribution is 4.47. The number of rotatable bonds is 6. The zero-order valence-electron chi connectivity index (χ0n) is 6.12. The Labute approximate surface area is 60.4 Å². The molecule has 4 heteroatoms. The number of methoxy groups -OCH3 is 1. The quantitative estimate of drug-likeness (QED) is 0.477. The SMILES string of the molecule is COCCOCC(O)CO. The van der Waals surface area contributed by atoms with Crippen molar-refractivity contribution in [2.75, 3.05) is 33.5 Å². The van der Waals surface area contributed by atoms with E-state index in [1.54, 1.807) is 7.11 Å². The van der Waals surface area contributed by atoms with Crippen LogP contribution in [0.5, 0.6) is 0 Å². The minimum atomic E-state index is -0.767. The van der Waals surface area contributed by atoms with Crippen LogP contribution in [-0.2, 0) is 9.47 Å². The normalized spacial score (nSPS) is 13.5. The summed E-state index contributed by atoms with van der Waals surface area (Å²) in [6, 6.07) is 0. The van der Waals surface area contributed by atoms with Gasteiger partial charge in [0, 0.05) is 7.11 Å². The molecule has 0 spiro atoms. The van der Waals surface area contributed by atoms with E-state index in [0.717, 1.165) is 0 Å². The molecule has 1 atom stereocenters. The third-order valence-corrected chi connectivity index (χ3v) is 0.953. The van der Waals surface area contributed by atoms with E-state index in [4.69, 9.17) is 14.9 Å². The number of hydrogen-bond acceptors (Lipinski definition) is 4. The molecule has 0 aromatic heterocycles. The highest BCUT2D eigenvalue weighted by atomic mass is 16.5. The lowest BCUT2D eigenvalue weighted by molar-refractivity contribution is -0.00865. The zero-order chi connectivity index (χ0) is 7.82. The molecule has 0 rings (SSSR count). The Morgan fingerprint density at radius 2 is 2.10 bits per heavy atom. The van der Waals surface area contributed by atoms with Gasteiger partial charge in [0.05, 0.1) is 26.4 Å². The minimum Gasteiger partial charge on any atom is -0.394 e. The molecule has 62 valence electrons. The lowest BCUT2D eigenvalue weighted by Crippen LogP contribution is -2.20. The first kappa shape index (κ1) is 9.84. The Morgan fingerprint density at radius 3 is 2.60 bits per heavy atom. The summed E-state index contributed by atoms with van der Waals surface area (Å²) >= 11 is 0. The number of hydrogen-bond donors (Lipinski definition) is 2. The molecule has 0 aliphatic rings. The van der Waals surface area contributed by atoms with Crippen molar-refractivity contribution in [1.82, 2.24) is 0 Å². The average Bonchev–Trinajstić information content (AvgIpc) is 1.98. The predicted molar refractivity (Wildman–Crippen MR) is 35.8 cm³/mol. The lowest BCUT2D eigenvalue weighted by atomic mass is 10.4. The van der Waals surface area contributed by atoms with Gasteiger partial charge >= 0.3 is 0 Å². The molecule has 4 nitrogen and oxygen atoms in total. The summed E-state index contributed by atoms with van der Waals surface area (Å²) in [4.78, 5) is 0. The molecule has 0 heterocycles. The van der Waals surface area contributed by atoms with E-state index in [0.29, 0.717) is 13.2 Å². The second kappa shape index (κ2) is 6.95. The van der Waals surface area contributed by atoms with Crippen LogP contribution in [-0.4, -0.2) is 49.9 Å². The van der Waals surface area contributed by atoms with Crippen LogP contribution in [0, 0.1) is 0 Å². The Bertz CT molecular complexity index is 66.8. The van der Waals surface area contributed by atoms with Crippen LogP contribution in [0.3, 0.4) is 0 Å². The van der Waals surface area contributed by atoms with Crippen molar-refractivity contribution in [3.05, 3.63) is 0 Å². The maximum absolute atomic E-state index is 8.74. The third kappa shape index (κ3) is 5.97. The van der Waals surface area contributed by atoms with Gasteiger partial charge in [-0.2, -0.15) is 0 Å². The van der Waals surface area contributed by atoms with Gasteiger partial charge in [-0.15, -0.1) is 0 Å². The van der Waals surface area contributed by atoms with Crippen LogP contribution >= 0.6 is 0 Å². The molecule has 0 saturated heterocycles. The molecule has 0 saturated carbocycles. The Kier molecular flexibility index (Phi) is 6.84. The van der Waals surface area contributed by atoms with Gasteiger partial charge in [-0.25, -0.2) is 0 Å². The standard InChI is InChI=1S/C6H14O4/c1-9-2-3-10-5-6(8)4-7/h6-8H,2-5H2,1H3. The van der Waals surface area contributed by atoms with Crippen LogP contribution in [0.1, 0.15) is 0 Å². The Morgan fingerprint density at radius 1 is 1.40 bits per heavy atom. The third-order valence-electron chi connectivity index (χ3n) is 0.953. The van der Waals surface area contributed by atoms with E-state index >= 15 is 0 Å². The lowest BCUT2D eigenvalue weighted by Gasteiger charge is -2.06. The smallest absolute Gasteiger partial charge is 0.100 e. The van der Waals surface area contributed by atoms with Crippen LogP contribution in [0.4, 0.5) is 0 Å². The molecule has 0 amide bonds. The summed E-state index contributed by atoms with van der Waals surface area (Å²) in [5, 5.41) is 17.1. The van der Waals surface area contributed by atoms with Gasteiger partial charge in [-0.05, 0) is 0 Å². The van der Waals surface area contributed by atoms with Crippen LogP contribution in [0.15, 0.2) is 0 Å². The van der Waals surface area contributed by atoms with E-state index in [9.17, 15) is 0 Å². The van der Waals surface area contributed by atoms with Crippen molar-refractivity contribution in [1.29, 1.82) is 0 Å². The highest BCUT2D eigenvalue weighted by Crippen LogP contribution is 1.82. The summed E-state index contributed by atoms with van der Waals surface area (Å²) in [7, 11) is 1.58. The number of aliphatic hydroxyl groups is 2. The first-order valence-corrected chi connectivity index (χ1v) is 3.17. The molecule has 2 N–H and O–H groups in total. The molecule has 0 bridgehead atoms. The summed E-state index contributed by atoms with van der Waals surface area (Å²) in [6.45, 7) is 0.874. The molecule has 1 unspecified atom stereocenters. The first-order valence-electron chi connectivity index (χ1n) is 3.17. The predicted octanol–water partition coefficient (Wildman–Crippen LogP) is -0.997. The van der Waals surface area contributed by atoms with Crippen LogP contribution in [0.2, 0.25) is 0 Å². The van der Waals surface area contributed by atoms with Gasteiger partial charge in [-0.3, -0.25) is 0 Å². The Hall–Kier alpha value is -0.160. The minimum absolute atomic E-state index is 0.167. The maximum Gasteiger partial charge on any atom is 0.100 e. The van der Waals surface area contributed by atoms with Crippen LogP contribution < -0.4 is 0 Å². The van der Waals surface area contributed by atoms with Gasteiger partial charge < -0.3 is 19.7 Å².